The second kappa shape index (κ2) is 7.59. The van der Waals surface area contributed by atoms with Crippen LogP contribution in [0.1, 0.15) is 55.2 Å². The van der Waals surface area contributed by atoms with Crippen molar-refractivity contribution in [3.05, 3.63) is 17.5 Å². The molecule has 0 spiro atoms. The fourth-order valence-electron chi connectivity index (χ4n) is 2.85. The van der Waals surface area contributed by atoms with Crippen molar-refractivity contribution in [3.63, 3.8) is 0 Å². The maximum atomic E-state index is 12.4. The van der Waals surface area contributed by atoms with Gasteiger partial charge in [0.25, 0.3) is 5.91 Å². The van der Waals surface area contributed by atoms with E-state index in [9.17, 15) is 14.7 Å². The zero-order chi connectivity index (χ0) is 17.0. The first-order valence-electron chi connectivity index (χ1n) is 8.11. The number of rotatable bonds is 6. The molecule has 1 saturated heterocycles. The Balaban J connectivity index is 2.13. The monoisotopic (exact) mass is 323 g/mol. The van der Waals surface area contributed by atoms with Crippen molar-refractivity contribution in [1.29, 1.82) is 0 Å². The zero-order valence-corrected chi connectivity index (χ0v) is 13.9. The number of nitrogens with zero attached hydrogens (tertiary/aromatic N) is 2. The summed E-state index contributed by atoms with van der Waals surface area (Å²) < 4.78 is 7.20. The third kappa shape index (κ3) is 3.90. The molecule has 0 unspecified atom stereocenters. The summed E-state index contributed by atoms with van der Waals surface area (Å²) >= 11 is 0. The highest BCUT2D eigenvalue weighted by molar-refractivity contribution is 5.97. The van der Waals surface area contributed by atoms with Crippen LogP contribution in [-0.4, -0.2) is 46.0 Å². The zero-order valence-electron chi connectivity index (χ0n) is 13.9. The third-order valence-corrected chi connectivity index (χ3v) is 4.59. The van der Waals surface area contributed by atoms with Crippen molar-refractivity contribution in [2.45, 2.75) is 52.1 Å². The highest BCUT2D eigenvalue weighted by Gasteiger charge is 2.28. The second-order valence-electron chi connectivity index (χ2n) is 6.11. The Morgan fingerprint density at radius 3 is 2.70 bits per heavy atom. The first-order valence-corrected chi connectivity index (χ1v) is 8.11. The van der Waals surface area contributed by atoms with Crippen LogP contribution in [0, 0.1) is 12.8 Å². The van der Waals surface area contributed by atoms with Crippen molar-refractivity contribution in [2.75, 3.05) is 13.2 Å². The van der Waals surface area contributed by atoms with E-state index in [4.69, 9.17) is 4.74 Å². The van der Waals surface area contributed by atoms with Crippen molar-refractivity contribution < 1.29 is 19.4 Å². The quantitative estimate of drug-likeness (QED) is 0.832. The Morgan fingerprint density at radius 1 is 1.48 bits per heavy atom. The molecule has 1 aliphatic heterocycles. The van der Waals surface area contributed by atoms with E-state index in [2.05, 4.69) is 10.4 Å². The molecule has 2 rings (SSSR count). The van der Waals surface area contributed by atoms with Crippen molar-refractivity contribution in [1.82, 2.24) is 15.1 Å². The summed E-state index contributed by atoms with van der Waals surface area (Å²) in [5, 5.41) is 16.3. The first-order chi connectivity index (χ1) is 11.0. The topological polar surface area (TPSA) is 93.5 Å². The van der Waals surface area contributed by atoms with E-state index in [1.54, 1.807) is 0 Å². The van der Waals surface area contributed by atoms with Crippen LogP contribution < -0.4 is 5.32 Å². The van der Waals surface area contributed by atoms with Gasteiger partial charge in [-0.15, -0.1) is 0 Å². The number of hydrogen-bond acceptors (Lipinski definition) is 4. The summed E-state index contributed by atoms with van der Waals surface area (Å²) in [5.41, 5.74) is 1.20. The molecule has 7 nitrogen and oxygen atoms in total. The van der Waals surface area contributed by atoms with Crippen LogP contribution in [0.4, 0.5) is 0 Å². The molecule has 1 fully saturated rings. The first kappa shape index (κ1) is 17.5. The third-order valence-electron chi connectivity index (χ3n) is 4.59. The van der Waals surface area contributed by atoms with Crippen LogP contribution in [-0.2, 0) is 9.53 Å². The van der Waals surface area contributed by atoms with E-state index in [1.165, 1.54) is 6.20 Å². The summed E-state index contributed by atoms with van der Waals surface area (Å²) in [6.45, 7) is 6.95. The van der Waals surface area contributed by atoms with Crippen molar-refractivity contribution in [3.8, 4) is 0 Å². The number of hydrogen-bond donors (Lipinski definition) is 2. The van der Waals surface area contributed by atoms with Gasteiger partial charge in [-0.3, -0.25) is 9.48 Å². The summed E-state index contributed by atoms with van der Waals surface area (Å²) in [4.78, 5) is 23.8. The molecular weight excluding hydrogens is 298 g/mol. The SMILES string of the molecule is CC[C@H](C)[C@H](NC(=O)c1cnn(C2CCOCC2)c1C)C(=O)O. The molecular formula is C16H25N3O4. The lowest BCUT2D eigenvalue weighted by Crippen LogP contribution is -2.45. The van der Waals surface area contributed by atoms with Gasteiger partial charge in [-0.25, -0.2) is 4.79 Å². The summed E-state index contributed by atoms with van der Waals surface area (Å²) in [5.74, 6) is -1.53. The van der Waals surface area contributed by atoms with E-state index >= 15 is 0 Å². The van der Waals surface area contributed by atoms with Crippen LogP contribution in [0.25, 0.3) is 0 Å². The second-order valence-corrected chi connectivity index (χ2v) is 6.11. The van der Waals surface area contributed by atoms with E-state index < -0.39 is 12.0 Å². The molecule has 1 aliphatic rings. The maximum absolute atomic E-state index is 12.4. The molecule has 128 valence electrons. The summed E-state index contributed by atoms with van der Waals surface area (Å²) in [6.07, 6.45) is 3.94. The number of carbonyl (C=O) groups is 2. The van der Waals surface area contributed by atoms with E-state index in [0.29, 0.717) is 25.2 Å². The number of aliphatic carboxylic acids is 1. The fourth-order valence-corrected chi connectivity index (χ4v) is 2.85. The minimum Gasteiger partial charge on any atom is -0.480 e. The molecule has 1 aromatic heterocycles. The smallest absolute Gasteiger partial charge is 0.326 e. The van der Waals surface area contributed by atoms with Crippen LogP contribution >= 0.6 is 0 Å². The lowest BCUT2D eigenvalue weighted by atomic mass is 9.99. The Labute approximate surface area is 136 Å². The molecule has 23 heavy (non-hydrogen) atoms. The molecule has 2 heterocycles. The van der Waals surface area contributed by atoms with Gasteiger partial charge < -0.3 is 15.2 Å². The largest absolute Gasteiger partial charge is 0.480 e. The Morgan fingerprint density at radius 2 is 2.13 bits per heavy atom. The van der Waals surface area contributed by atoms with Crippen LogP contribution in [0.2, 0.25) is 0 Å². The number of amides is 1. The Bertz CT molecular complexity index is 564. The summed E-state index contributed by atoms with van der Waals surface area (Å²) in [6, 6.07) is -0.659. The molecule has 2 N–H and O–H groups in total. The van der Waals surface area contributed by atoms with Gasteiger partial charge in [0.15, 0.2) is 0 Å². The van der Waals surface area contributed by atoms with Gasteiger partial charge >= 0.3 is 5.97 Å². The maximum Gasteiger partial charge on any atom is 0.326 e. The molecule has 1 aromatic rings. The van der Waals surface area contributed by atoms with Gasteiger partial charge in [-0.1, -0.05) is 20.3 Å². The van der Waals surface area contributed by atoms with Gasteiger partial charge in [0.2, 0.25) is 0 Å². The highest BCUT2D eigenvalue weighted by Crippen LogP contribution is 2.23. The number of carbonyl (C=O) groups excluding carboxylic acids is 1. The van der Waals surface area contributed by atoms with Gasteiger partial charge in [0.1, 0.15) is 6.04 Å². The van der Waals surface area contributed by atoms with E-state index in [1.807, 2.05) is 25.5 Å². The standard InChI is InChI=1S/C16H25N3O4/c1-4-10(2)14(16(21)22)18-15(20)13-9-17-19(11(13)3)12-5-7-23-8-6-12/h9-10,12,14H,4-8H2,1-3H3,(H,18,20)(H,21,22)/t10-,14-/m0/s1. The fraction of sp³-hybridized carbons (Fsp3) is 0.688. The molecule has 7 heteroatoms. The van der Waals surface area contributed by atoms with E-state index in [-0.39, 0.29) is 17.9 Å². The van der Waals surface area contributed by atoms with Crippen molar-refractivity contribution in [2.24, 2.45) is 5.92 Å². The van der Waals surface area contributed by atoms with Gasteiger partial charge in [-0.05, 0) is 25.7 Å². The average molecular weight is 323 g/mol. The van der Waals surface area contributed by atoms with Crippen LogP contribution in [0.15, 0.2) is 6.20 Å². The number of aromatic nitrogens is 2. The van der Waals surface area contributed by atoms with Crippen molar-refractivity contribution >= 4 is 11.9 Å². The minimum absolute atomic E-state index is 0.137. The van der Waals surface area contributed by atoms with Crippen LogP contribution in [0.3, 0.4) is 0 Å². The Kier molecular flexibility index (Phi) is 5.76. The minimum atomic E-state index is -1.01. The number of nitrogens with one attached hydrogen (secondary N) is 1. The lowest BCUT2D eigenvalue weighted by molar-refractivity contribution is -0.140. The van der Waals surface area contributed by atoms with Gasteiger partial charge in [0, 0.05) is 18.9 Å². The number of ether oxygens (including phenoxy) is 1. The molecule has 1 amide bonds. The average Bonchev–Trinajstić information content (AvgIpc) is 2.94. The predicted molar refractivity (Wildman–Crippen MR) is 84.4 cm³/mol. The molecule has 0 saturated carbocycles. The predicted octanol–water partition coefficient (Wildman–Crippen LogP) is 1.77. The van der Waals surface area contributed by atoms with E-state index in [0.717, 1.165) is 18.5 Å². The molecule has 0 radical (unpaired) electrons. The number of carboxylic acids is 1. The molecule has 0 aliphatic carbocycles. The lowest BCUT2D eigenvalue weighted by Gasteiger charge is -2.24. The number of carboxylic acid groups (broad SMARTS) is 1. The Hall–Kier alpha value is -1.89. The highest BCUT2D eigenvalue weighted by atomic mass is 16.5. The molecule has 0 aromatic carbocycles. The molecule has 2 atom stereocenters. The van der Waals surface area contributed by atoms with Gasteiger partial charge in [0.05, 0.1) is 17.8 Å². The normalized spacial score (nSPS) is 18.4. The molecule has 0 bridgehead atoms. The van der Waals surface area contributed by atoms with Crippen LogP contribution in [0.5, 0.6) is 0 Å². The summed E-state index contributed by atoms with van der Waals surface area (Å²) in [7, 11) is 0. The van der Waals surface area contributed by atoms with Gasteiger partial charge in [-0.2, -0.15) is 5.10 Å².